The normalized spacial score (nSPS) is 12.4. The smallest absolute Gasteiger partial charge is 0.437 e. The van der Waals surface area contributed by atoms with Crippen LogP contribution in [0, 0.1) is 6.92 Å². The van der Waals surface area contributed by atoms with Crippen LogP contribution in [0.3, 0.4) is 0 Å². The summed E-state index contributed by atoms with van der Waals surface area (Å²) in [4.78, 5) is 7.63. The molecular formula is C18H10F6N6O. The molecule has 31 heavy (non-hydrogen) atoms. The lowest BCUT2D eigenvalue weighted by molar-refractivity contribution is -0.146. The van der Waals surface area contributed by atoms with Gasteiger partial charge in [-0.3, -0.25) is 0 Å². The minimum absolute atomic E-state index is 0.166. The van der Waals surface area contributed by atoms with Gasteiger partial charge in [0.25, 0.3) is 5.82 Å². The van der Waals surface area contributed by atoms with E-state index in [4.69, 9.17) is 4.74 Å². The van der Waals surface area contributed by atoms with Gasteiger partial charge < -0.3 is 4.74 Å². The Hall–Kier alpha value is -3.77. The zero-order chi connectivity index (χ0) is 22.4. The molecule has 0 aliphatic rings. The fraction of sp³-hybridized carbons (Fsp3) is 0.167. The zero-order valence-electron chi connectivity index (χ0n) is 15.4. The van der Waals surface area contributed by atoms with Crippen LogP contribution in [0.1, 0.15) is 17.0 Å². The van der Waals surface area contributed by atoms with Crippen LogP contribution >= 0.6 is 0 Å². The Morgan fingerprint density at radius 1 is 0.903 bits per heavy atom. The van der Waals surface area contributed by atoms with Crippen LogP contribution in [-0.4, -0.2) is 29.8 Å². The molecule has 0 atom stereocenters. The van der Waals surface area contributed by atoms with E-state index < -0.39 is 23.7 Å². The van der Waals surface area contributed by atoms with Crippen molar-refractivity contribution in [2.45, 2.75) is 19.3 Å². The van der Waals surface area contributed by atoms with E-state index in [0.717, 1.165) is 18.2 Å². The van der Waals surface area contributed by atoms with Gasteiger partial charge in [-0.05, 0) is 25.1 Å². The van der Waals surface area contributed by atoms with Crippen molar-refractivity contribution in [3.05, 3.63) is 59.9 Å². The third-order valence-electron chi connectivity index (χ3n) is 4.18. The fourth-order valence-corrected chi connectivity index (χ4v) is 2.80. The molecule has 0 aliphatic carbocycles. The predicted molar refractivity (Wildman–Crippen MR) is 93.1 cm³/mol. The standard InChI is InChI=1S/C18H10F6N6O/c1-9-4-14(29-30-15(9)27-28-16(30)18(22,23)24)31-13-5-11(17(19,20)21)2-3-12(13)10-6-25-8-26-7-10/h2-8H,1H3. The first-order valence-corrected chi connectivity index (χ1v) is 8.49. The van der Waals surface area contributed by atoms with Gasteiger partial charge in [0, 0.05) is 35.2 Å². The van der Waals surface area contributed by atoms with Gasteiger partial charge in [0.2, 0.25) is 5.88 Å². The molecule has 0 saturated heterocycles. The summed E-state index contributed by atoms with van der Waals surface area (Å²) in [5, 5.41) is 10.3. The average molecular weight is 440 g/mol. The van der Waals surface area contributed by atoms with Gasteiger partial charge in [-0.15, -0.1) is 15.3 Å². The van der Waals surface area contributed by atoms with Crippen LogP contribution in [0.2, 0.25) is 0 Å². The van der Waals surface area contributed by atoms with E-state index in [0.29, 0.717) is 10.1 Å². The molecule has 7 nitrogen and oxygen atoms in total. The summed E-state index contributed by atoms with van der Waals surface area (Å²) < 4.78 is 85.1. The highest BCUT2D eigenvalue weighted by atomic mass is 19.4. The Morgan fingerprint density at radius 3 is 2.26 bits per heavy atom. The first-order valence-electron chi connectivity index (χ1n) is 8.49. The molecule has 4 rings (SSSR count). The lowest BCUT2D eigenvalue weighted by Crippen LogP contribution is -2.13. The number of hydrogen-bond donors (Lipinski definition) is 0. The molecule has 1 aromatic carbocycles. The monoisotopic (exact) mass is 440 g/mol. The van der Waals surface area contributed by atoms with Gasteiger partial charge in [0.05, 0.1) is 5.56 Å². The van der Waals surface area contributed by atoms with E-state index in [2.05, 4.69) is 25.3 Å². The molecule has 3 heterocycles. The molecule has 4 aromatic rings. The summed E-state index contributed by atoms with van der Waals surface area (Å²) in [5.74, 6) is -2.07. The number of rotatable bonds is 3. The van der Waals surface area contributed by atoms with Crippen molar-refractivity contribution in [2.24, 2.45) is 0 Å². The minimum atomic E-state index is -4.85. The van der Waals surface area contributed by atoms with E-state index in [1.807, 2.05) is 0 Å². The highest BCUT2D eigenvalue weighted by molar-refractivity contribution is 5.70. The Morgan fingerprint density at radius 2 is 1.61 bits per heavy atom. The second-order valence-electron chi connectivity index (χ2n) is 6.36. The molecule has 0 spiro atoms. The molecule has 0 aliphatic heterocycles. The first-order chi connectivity index (χ1) is 14.5. The van der Waals surface area contributed by atoms with Gasteiger partial charge in [-0.1, -0.05) is 0 Å². The number of aromatic nitrogens is 6. The summed E-state index contributed by atoms with van der Waals surface area (Å²) in [6, 6.07) is 3.97. The molecule has 0 radical (unpaired) electrons. The lowest BCUT2D eigenvalue weighted by Gasteiger charge is -2.14. The van der Waals surface area contributed by atoms with Gasteiger partial charge in [0.1, 0.15) is 12.1 Å². The second kappa shape index (κ2) is 7.18. The van der Waals surface area contributed by atoms with Crippen molar-refractivity contribution >= 4 is 5.65 Å². The Bertz CT molecular complexity index is 1250. The summed E-state index contributed by atoms with van der Waals surface area (Å²) >= 11 is 0. The van der Waals surface area contributed by atoms with Crippen molar-refractivity contribution in [2.75, 3.05) is 0 Å². The van der Waals surface area contributed by atoms with Crippen molar-refractivity contribution in [3.8, 4) is 22.8 Å². The maximum absolute atomic E-state index is 13.2. The van der Waals surface area contributed by atoms with Crippen LogP contribution in [0.15, 0.2) is 43.0 Å². The van der Waals surface area contributed by atoms with Crippen LogP contribution in [0.25, 0.3) is 16.8 Å². The fourth-order valence-electron chi connectivity index (χ4n) is 2.80. The summed E-state index contributed by atoms with van der Waals surface area (Å²) in [6.07, 6.45) is -5.58. The Labute approximate surface area is 169 Å². The van der Waals surface area contributed by atoms with Crippen molar-refractivity contribution in [1.82, 2.24) is 29.8 Å². The molecule has 13 heteroatoms. The number of nitrogens with zero attached hydrogens (tertiary/aromatic N) is 6. The first kappa shape index (κ1) is 20.5. The zero-order valence-corrected chi connectivity index (χ0v) is 15.4. The number of fused-ring (bicyclic) bond motifs is 1. The number of aryl methyl sites for hydroxylation is 1. The number of halogens is 6. The molecule has 160 valence electrons. The number of ether oxygens (including phenoxy) is 1. The van der Waals surface area contributed by atoms with E-state index in [9.17, 15) is 26.3 Å². The van der Waals surface area contributed by atoms with E-state index in [-0.39, 0.29) is 28.4 Å². The molecule has 3 aromatic heterocycles. The molecule has 0 unspecified atom stereocenters. The van der Waals surface area contributed by atoms with E-state index in [1.165, 1.54) is 31.7 Å². The quantitative estimate of drug-likeness (QED) is 0.429. The van der Waals surface area contributed by atoms with E-state index in [1.54, 1.807) is 0 Å². The minimum Gasteiger partial charge on any atom is -0.437 e. The predicted octanol–water partition coefficient (Wildman–Crippen LogP) is 4.72. The van der Waals surface area contributed by atoms with Crippen LogP contribution < -0.4 is 4.74 Å². The van der Waals surface area contributed by atoms with Gasteiger partial charge in [0.15, 0.2) is 5.65 Å². The maximum Gasteiger partial charge on any atom is 0.453 e. The average Bonchev–Trinajstić information content (AvgIpc) is 3.13. The highest BCUT2D eigenvalue weighted by Gasteiger charge is 2.38. The number of benzene rings is 1. The van der Waals surface area contributed by atoms with Gasteiger partial charge in [-0.2, -0.15) is 30.9 Å². The van der Waals surface area contributed by atoms with Crippen LogP contribution in [0.5, 0.6) is 11.6 Å². The topological polar surface area (TPSA) is 78.1 Å². The Kier molecular flexibility index (Phi) is 4.75. The largest absolute Gasteiger partial charge is 0.453 e. The Balaban J connectivity index is 1.85. The third kappa shape index (κ3) is 3.98. The maximum atomic E-state index is 13.2. The lowest BCUT2D eigenvalue weighted by atomic mass is 10.0. The van der Waals surface area contributed by atoms with Crippen LogP contribution in [-0.2, 0) is 12.4 Å². The third-order valence-corrected chi connectivity index (χ3v) is 4.18. The number of hydrogen-bond acceptors (Lipinski definition) is 6. The van der Waals surface area contributed by atoms with E-state index >= 15 is 0 Å². The molecule has 0 fully saturated rings. The molecule has 0 saturated carbocycles. The number of alkyl halides is 6. The summed E-state index contributed by atoms with van der Waals surface area (Å²) in [5.41, 5.74) is -0.427. The van der Waals surface area contributed by atoms with Gasteiger partial charge in [-0.25, -0.2) is 9.97 Å². The van der Waals surface area contributed by atoms with Crippen LogP contribution in [0.4, 0.5) is 26.3 Å². The van der Waals surface area contributed by atoms with Crippen molar-refractivity contribution in [1.29, 1.82) is 0 Å². The van der Waals surface area contributed by atoms with Crippen molar-refractivity contribution in [3.63, 3.8) is 0 Å². The molecule has 0 N–H and O–H groups in total. The molecular weight excluding hydrogens is 430 g/mol. The summed E-state index contributed by atoms with van der Waals surface area (Å²) in [7, 11) is 0. The SMILES string of the molecule is Cc1cc(Oc2cc(C(F)(F)F)ccc2-c2cncnc2)nn2c(C(F)(F)F)nnc12. The summed E-state index contributed by atoms with van der Waals surface area (Å²) in [6.45, 7) is 1.44. The molecule has 0 amide bonds. The van der Waals surface area contributed by atoms with Gasteiger partial charge >= 0.3 is 12.4 Å². The second-order valence-corrected chi connectivity index (χ2v) is 6.36. The highest BCUT2D eigenvalue weighted by Crippen LogP contribution is 2.39. The molecule has 0 bridgehead atoms. The van der Waals surface area contributed by atoms with Crippen molar-refractivity contribution < 1.29 is 31.1 Å².